The molecule has 0 saturated heterocycles. The quantitative estimate of drug-likeness (QED) is 0.400. The van der Waals surface area contributed by atoms with Crippen LogP contribution in [0.1, 0.15) is 24.9 Å². The molecule has 0 radical (unpaired) electrons. The van der Waals surface area contributed by atoms with E-state index < -0.39 is 26.0 Å². The maximum absolute atomic E-state index is 13.8. The maximum Gasteiger partial charge on any atom is 0.220 e. The van der Waals surface area contributed by atoms with Gasteiger partial charge in [-0.15, -0.1) is 11.6 Å². The Morgan fingerprint density at radius 2 is 1.82 bits per heavy atom. The summed E-state index contributed by atoms with van der Waals surface area (Å²) < 4.78 is 42.3. The monoisotopic (exact) mass is 561 g/mol. The normalized spacial score (nSPS) is 24.8. The first-order valence-electron chi connectivity index (χ1n) is 10.3. The van der Waals surface area contributed by atoms with Crippen molar-refractivity contribution in [3.8, 4) is 0 Å². The van der Waals surface area contributed by atoms with Crippen LogP contribution in [0, 0.1) is 0 Å². The summed E-state index contributed by atoms with van der Waals surface area (Å²) in [5.41, 5.74) is 2.12. The molecule has 0 aromatic heterocycles. The third-order valence-corrected chi connectivity index (χ3v) is 8.75. The predicted octanol–water partition coefficient (Wildman–Crippen LogP) is 6.66. The number of rotatable bonds is 6. The van der Waals surface area contributed by atoms with E-state index in [2.05, 4.69) is 9.82 Å². The number of anilines is 1. The fourth-order valence-electron chi connectivity index (χ4n) is 3.88. The summed E-state index contributed by atoms with van der Waals surface area (Å²) in [5.74, 6) is -0.655. The summed E-state index contributed by atoms with van der Waals surface area (Å²) in [4.78, 5) is -1.28. The molecule has 0 spiro atoms. The zero-order chi connectivity index (χ0) is 24.7. The van der Waals surface area contributed by atoms with Crippen LogP contribution in [0.4, 0.5) is 10.1 Å². The second kappa shape index (κ2) is 9.80. The van der Waals surface area contributed by atoms with Crippen LogP contribution in [0.5, 0.6) is 0 Å². The molecule has 2 aliphatic rings. The SMILES string of the molecule is CC1(Cl)C=CC(F)=C[C@@H]1S(=O)(=O)NCC1=NN(c2ccc(Cl)cc2Cl)C(c2ccc(Cl)cc2)C1. The number of hydrogen-bond acceptors (Lipinski definition) is 4. The molecule has 2 unspecified atom stereocenters. The van der Waals surface area contributed by atoms with Gasteiger partial charge in [0.25, 0.3) is 0 Å². The molecule has 2 aromatic carbocycles. The van der Waals surface area contributed by atoms with Crippen LogP contribution in [-0.4, -0.2) is 30.8 Å². The van der Waals surface area contributed by atoms with Crippen LogP contribution in [0.25, 0.3) is 0 Å². The summed E-state index contributed by atoms with van der Waals surface area (Å²) in [6, 6.07) is 12.1. The van der Waals surface area contributed by atoms with Gasteiger partial charge in [-0.25, -0.2) is 17.5 Å². The van der Waals surface area contributed by atoms with Gasteiger partial charge >= 0.3 is 0 Å². The third kappa shape index (κ3) is 5.45. The van der Waals surface area contributed by atoms with Gasteiger partial charge < -0.3 is 0 Å². The molecule has 1 N–H and O–H groups in total. The van der Waals surface area contributed by atoms with Crippen molar-refractivity contribution in [2.24, 2.45) is 5.10 Å². The van der Waals surface area contributed by atoms with Crippen molar-refractivity contribution in [2.75, 3.05) is 11.6 Å². The number of sulfonamides is 1. The van der Waals surface area contributed by atoms with Crippen LogP contribution in [0.2, 0.25) is 15.1 Å². The Morgan fingerprint density at radius 3 is 2.50 bits per heavy atom. The summed E-state index contributed by atoms with van der Waals surface area (Å²) >= 11 is 24.9. The van der Waals surface area contributed by atoms with Crippen molar-refractivity contribution in [1.29, 1.82) is 0 Å². The number of allylic oxidation sites excluding steroid dienone is 3. The number of nitrogens with zero attached hydrogens (tertiary/aromatic N) is 2. The van der Waals surface area contributed by atoms with Crippen molar-refractivity contribution < 1.29 is 12.8 Å². The molecule has 3 atom stereocenters. The molecule has 5 nitrogen and oxygen atoms in total. The highest BCUT2D eigenvalue weighted by atomic mass is 35.5. The van der Waals surface area contributed by atoms with Gasteiger partial charge in [0, 0.05) is 16.5 Å². The van der Waals surface area contributed by atoms with Crippen molar-refractivity contribution in [3.63, 3.8) is 0 Å². The summed E-state index contributed by atoms with van der Waals surface area (Å²) in [6.45, 7) is 1.45. The number of nitrogens with one attached hydrogen (secondary N) is 1. The average Bonchev–Trinajstić information content (AvgIpc) is 3.18. The van der Waals surface area contributed by atoms with Gasteiger partial charge in [0.15, 0.2) is 0 Å². The Balaban J connectivity index is 1.60. The highest BCUT2D eigenvalue weighted by Crippen LogP contribution is 2.40. The first-order valence-corrected chi connectivity index (χ1v) is 13.3. The van der Waals surface area contributed by atoms with E-state index in [0.29, 0.717) is 32.9 Å². The van der Waals surface area contributed by atoms with E-state index in [1.54, 1.807) is 35.3 Å². The average molecular weight is 563 g/mol. The lowest BCUT2D eigenvalue weighted by atomic mass is 10.0. The van der Waals surface area contributed by atoms with Crippen LogP contribution in [0.3, 0.4) is 0 Å². The highest BCUT2D eigenvalue weighted by Gasteiger charge is 2.41. The molecule has 4 rings (SSSR count). The fourth-order valence-corrected chi connectivity index (χ4v) is 6.52. The highest BCUT2D eigenvalue weighted by molar-refractivity contribution is 7.90. The second-order valence-electron chi connectivity index (χ2n) is 8.20. The molecule has 0 saturated carbocycles. The topological polar surface area (TPSA) is 61.8 Å². The Morgan fingerprint density at radius 1 is 1.15 bits per heavy atom. The summed E-state index contributed by atoms with van der Waals surface area (Å²) in [6.07, 6.45) is 3.92. The molecule has 1 heterocycles. The van der Waals surface area contributed by atoms with E-state index in [1.165, 1.54) is 13.0 Å². The summed E-state index contributed by atoms with van der Waals surface area (Å²) in [7, 11) is -4.00. The Kier molecular flexibility index (Phi) is 7.34. The Labute approximate surface area is 217 Å². The third-order valence-electron chi connectivity index (χ3n) is 5.63. The van der Waals surface area contributed by atoms with E-state index in [-0.39, 0.29) is 12.6 Å². The molecular formula is C23H20Cl4FN3O2S. The molecule has 0 amide bonds. The van der Waals surface area contributed by atoms with E-state index in [1.807, 2.05) is 12.1 Å². The standard InChI is InChI=1S/C23H20Cl4FN3O2S/c1-23(27)9-8-17(28)11-22(23)34(32,33)29-13-18-12-21(14-2-4-15(24)5-3-14)31(30-18)20-7-6-16(25)10-19(20)26/h2-11,21-22,29H,12-13H2,1H3/t21?,22-,23?/m0/s1. The van der Waals surface area contributed by atoms with Crippen LogP contribution in [0.15, 0.2) is 71.6 Å². The van der Waals surface area contributed by atoms with Crippen LogP contribution >= 0.6 is 46.4 Å². The number of hydrogen-bond donors (Lipinski definition) is 1. The van der Waals surface area contributed by atoms with Crippen molar-refractivity contribution in [2.45, 2.75) is 29.5 Å². The molecule has 180 valence electrons. The largest absolute Gasteiger partial charge is 0.256 e. The molecule has 1 aliphatic heterocycles. The minimum Gasteiger partial charge on any atom is -0.256 e. The van der Waals surface area contributed by atoms with Gasteiger partial charge in [-0.3, -0.25) is 5.01 Å². The molecule has 11 heteroatoms. The van der Waals surface area contributed by atoms with E-state index in [9.17, 15) is 12.8 Å². The van der Waals surface area contributed by atoms with Gasteiger partial charge in [-0.05, 0) is 55.0 Å². The van der Waals surface area contributed by atoms with E-state index in [0.717, 1.165) is 17.7 Å². The number of hydrazone groups is 1. The van der Waals surface area contributed by atoms with Crippen molar-refractivity contribution in [3.05, 3.63) is 87.2 Å². The second-order valence-corrected chi connectivity index (χ2v) is 12.2. The van der Waals surface area contributed by atoms with Crippen molar-refractivity contribution >= 4 is 67.8 Å². The van der Waals surface area contributed by atoms with Gasteiger partial charge in [0.1, 0.15) is 11.1 Å². The zero-order valence-corrected chi connectivity index (χ0v) is 21.7. The van der Waals surface area contributed by atoms with Crippen molar-refractivity contribution in [1.82, 2.24) is 4.72 Å². The number of benzene rings is 2. The number of alkyl halides is 1. The minimum atomic E-state index is -4.00. The fraction of sp³-hybridized carbons (Fsp3) is 0.261. The van der Waals surface area contributed by atoms with Gasteiger partial charge in [0.05, 0.1) is 33.9 Å². The predicted molar refractivity (Wildman–Crippen MR) is 138 cm³/mol. The van der Waals surface area contributed by atoms with Gasteiger partial charge in [0.2, 0.25) is 10.0 Å². The van der Waals surface area contributed by atoms with Crippen LogP contribution in [-0.2, 0) is 10.0 Å². The lowest BCUT2D eigenvalue weighted by molar-refractivity contribution is 0.560. The maximum atomic E-state index is 13.8. The Hall–Kier alpha value is -1.61. The summed E-state index contributed by atoms with van der Waals surface area (Å²) in [5, 5.41) is 6.60. The molecule has 34 heavy (non-hydrogen) atoms. The number of halogens is 5. The van der Waals surface area contributed by atoms with E-state index >= 15 is 0 Å². The molecule has 0 fully saturated rings. The Bertz CT molecular complexity index is 1290. The van der Waals surface area contributed by atoms with Gasteiger partial charge in [-0.2, -0.15) is 5.10 Å². The lowest BCUT2D eigenvalue weighted by Gasteiger charge is -2.29. The first kappa shape index (κ1) is 25.5. The van der Waals surface area contributed by atoms with E-state index in [4.69, 9.17) is 46.4 Å². The lowest BCUT2D eigenvalue weighted by Crippen LogP contribution is -2.46. The first-order chi connectivity index (χ1) is 16.0. The van der Waals surface area contributed by atoms with Gasteiger partial charge in [-0.1, -0.05) is 53.0 Å². The smallest absolute Gasteiger partial charge is 0.220 e. The molecule has 2 aromatic rings. The molecular weight excluding hydrogens is 543 g/mol. The van der Waals surface area contributed by atoms with Crippen LogP contribution < -0.4 is 9.73 Å². The minimum absolute atomic E-state index is 0.0726. The molecule has 0 bridgehead atoms. The molecule has 1 aliphatic carbocycles. The zero-order valence-electron chi connectivity index (χ0n) is 17.9.